The summed E-state index contributed by atoms with van der Waals surface area (Å²) in [6, 6.07) is 32.9. The van der Waals surface area contributed by atoms with Crippen molar-refractivity contribution in [2.24, 2.45) is 5.92 Å². The molecule has 0 heterocycles. The van der Waals surface area contributed by atoms with Crippen LogP contribution in [0, 0.1) is 5.92 Å². The topological polar surface area (TPSA) is 40.5 Å². The highest BCUT2D eigenvalue weighted by Gasteiger charge is 2.65. The maximum absolute atomic E-state index is 13.1. The molecule has 4 aromatic carbocycles. The zero-order chi connectivity index (χ0) is 43.7. The van der Waals surface area contributed by atoms with E-state index in [2.05, 4.69) is 210 Å². The van der Waals surface area contributed by atoms with Gasteiger partial charge in [0.25, 0.3) is 0 Å². The van der Waals surface area contributed by atoms with Gasteiger partial charge >= 0.3 is 0 Å². The van der Waals surface area contributed by atoms with E-state index in [4.69, 9.17) is 0 Å². The lowest BCUT2D eigenvalue weighted by Gasteiger charge is -2.63. The van der Waals surface area contributed by atoms with E-state index < -0.39 is 10.8 Å². The van der Waals surface area contributed by atoms with Gasteiger partial charge < -0.3 is 10.2 Å². The Labute approximate surface area is 355 Å². The van der Waals surface area contributed by atoms with Gasteiger partial charge in [-0.3, -0.25) is 0 Å². The number of hydrogen-bond acceptors (Lipinski definition) is 2. The third-order valence-electron chi connectivity index (χ3n) is 13.7. The SMILES string of the molecule is CC(C)(C)c1ccc(C2C(CO)CCC(CO)(c3c(C(C)(C)C)cccc3C(C)(C)C)C2(c2ccc(C(C)(C)C)cc2)c2c(C(C)(C)C)cccc2C(C)(C)C)cc1. The van der Waals surface area contributed by atoms with Gasteiger partial charge in [-0.2, -0.15) is 0 Å². The van der Waals surface area contributed by atoms with Gasteiger partial charge in [-0.05, 0) is 107 Å². The summed E-state index contributed by atoms with van der Waals surface area (Å²) in [7, 11) is 0. The van der Waals surface area contributed by atoms with Crippen molar-refractivity contribution in [1.82, 2.24) is 0 Å². The summed E-state index contributed by atoms with van der Waals surface area (Å²) in [4.78, 5) is 0. The van der Waals surface area contributed by atoms with Crippen molar-refractivity contribution in [3.05, 3.63) is 141 Å². The smallest absolute Gasteiger partial charge is 0.0540 e. The maximum atomic E-state index is 13.1. The predicted octanol–water partition coefficient (Wildman–Crippen LogP) is 13.9. The molecule has 2 N–H and O–H groups in total. The molecule has 2 heteroatoms. The van der Waals surface area contributed by atoms with Crippen LogP contribution in [0.2, 0.25) is 0 Å². The van der Waals surface area contributed by atoms with Gasteiger partial charge in [-0.15, -0.1) is 0 Å². The molecule has 58 heavy (non-hydrogen) atoms. The molecule has 1 fully saturated rings. The molecule has 0 radical (unpaired) electrons. The summed E-state index contributed by atoms with van der Waals surface area (Å²) in [5.41, 5.74) is 10.2. The standard InChI is InChI=1S/C56H80O2/c1-49(2,3)39-27-25-37(26-28-39)46-38(35-57)33-34-55(36-58,47-42(51(7,8)9)21-19-22-43(47)52(10,11)12)56(46,41-31-29-40(30-32-41)50(4,5)6)48-44(53(13,14)15)23-20-24-45(48)54(16,17)18/h19-32,38,46,57-58H,33-36H2,1-18H3. The highest BCUT2D eigenvalue weighted by Crippen LogP contribution is 2.68. The summed E-state index contributed by atoms with van der Waals surface area (Å²) in [6.07, 6.45) is 1.51. The first-order chi connectivity index (χ1) is 26.5. The Kier molecular flexibility index (Phi) is 12.2. The van der Waals surface area contributed by atoms with Crippen LogP contribution in [0.3, 0.4) is 0 Å². The second kappa shape index (κ2) is 15.4. The first-order valence-corrected chi connectivity index (χ1v) is 22.2. The lowest BCUT2D eigenvalue weighted by molar-refractivity contribution is 0.0209. The van der Waals surface area contributed by atoms with Gasteiger partial charge in [0.05, 0.1) is 6.61 Å². The van der Waals surface area contributed by atoms with Gasteiger partial charge in [0.1, 0.15) is 0 Å². The van der Waals surface area contributed by atoms with Crippen LogP contribution in [-0.2, 0) is 43.3 Å². The average molecular weight is 785 g/mol. The Hall–Kier alpha value is -3.20. The molecule has 5 rings (SSSR count). The average Bonchev–Trinajstić information content (AvgIpc) is 3.11. The highest BCUT2D eigenvalue weighted by atomic mass is 16.3. The van der Waals surface area contributed by atoms with E-state index >= 15 is 0 Å². The summed E-state index contributed by atoms with van der Waals surface area (Å²) < 4.78 is 0. The van der Waals surface area contributed by atoms with Crippen LogP contribution in [0.5, 0.6) is 0 Å². The molecule has 0 amide bonds. The minimum atomic E-state index is -0.832. The minimum Gasteiger partial charge on any atom is -0.396 e. The lowest BCUT2D eigenvalue weighted by Crippen LogP contribution is -2.63. The number of benzene rings is 4. The minimum absolute atomic E-state index is 0.0122. The van der Waals surface area contributed by atoms with Crippen molar-refractivity contribution in [1.29, 1.82) is 0 Å². The largest absolute Gasteiger partial charge is 0.396 e. The Morgan fingerprint density at radius 3 is 1.16 bits per heavy atom. The zero-order valence-corrected chi connectivity index (χ0v) is 40.0. The summed E-state index contributed by atoms with van der Waals surface area (Å²) in [5, 5.41) is 25.0. The van der Waals surface area contributed by atoms with Crippen LogP contribution in [-0.4, -0.2) is 23.4 Å². The molecular weight excluding hydrogens is 705 g/mol. The fourth-order valence-electron chi connectivity index (χ4n) is 10.7. The Balaban J connectivity index is 2.25. The van der Waals surface area contributed by atoms with Crippen molar-refractivity contribution >= 4 is 0 Å². The van der Waals surface area contributed by atoms with Crippen LogP contribution >= 0.6 is 0 Å². The molecule has 0 aliphatic heterocycles. The molecule has 1 aliphatic carbocycles. The zero-order valence-electron chi connectivity index (χ0n) is 40.0. The van der Waals surface area contributed by atoms with Crippen molar-refractivity contribution in [2.75, 3.05) is 13.2 Å². The molecule has 0 spiro atoms. The van der Waals surface area contributed by atoms with Crippen molar-refractivity contribution in [3.8, 4) is 0 Å². The van der Waals surface area contributed by atoms with Crippen molar-refractivity contribution in [2.45, 2.75) is 187 Å². The fourth-order valence-corrected chi connectivity index (χ4v) is 10.7. The van der Waals surface area contributed by atoms with Crippen LogP contribution in [0.4, 0.5) is 0 Å². The van der Waals surface area contributed by atoms with Crippen LogP contribution in [0.15, 0.2) is 84.9 Å². The Morgan fingerprint density at radius 1 is 0.466 bits per heavy atom. The third kappa shape index (κ3) is 8.03. The molecule has 0 saturated heterocycles. The Bertz CT molecular complexity index is 1970. The van der Waals surface area contributed by atoms with E-state index in [9.17, 15) is 10.2 Å². The van der Waals surface area contributed by atoms with Gasteiger partial charge in [0.15, 0.2) is 0 Å². The summed E-state index contributed by atoms with van der Waals surface area (Å²) in [5.74, 6) is -0.249. The van der Waals surface area contributed by atoms with E-state index in [0.29, 0.717) is 0 Å². The maximum Gasteiger partial charge on any atom is 0.0540 e. The molecule has 4 atom stereocenters. The van der Waals surface area contributed by atoms with E-state index in [1.165, 1.54) is 55.6 Å². The lowest BCUT2D eigenvalue weighted by atomic mass is 9.39. The fraction of sp³-hybridized carbons (Fsp3) is 0.571. The van der Waals surface area contributed by atoms with Gasteiger partial charge in [0, 0.05) is 23.4 Å². The molecule has 2 nitrogen and oxygen atoms in total. The Morgan fingerprint density at radius 2 is 0.828 bits per heavy atom. The summed E-state index contributed by atoms with van der Waals surface area (Å²) in [6.45, 7) is 41.9. The monoisotopic (exact) mass is 785 g/mol. The molecule has 0 aromatic heterocycles. The second-order valence-corrected chi connectivity index (χ2v) is 24.2. The highest BCUT2D eigenvalue weighted by molar-refractivity contribution is 5.64. The van der Waals surface area contributed by atoms with Crippen LogP contribution < -0.4 is 0 Å². The van der Waals surface area contributed by atoms with Crippen LogP contribution in [0.1, 0.15) is 199 Å². The van der Waals surface area contributed by atoms with Gasteiger partial charge in [-0.25, -0.2) is 0 Å². The van der Waals surface area contributed by atoms with Crippen molar-refractivity contribution in [3.63, 3.8) is 0 Å². The molecule has 4 aromatic rings. The van der Waals surface area contributed by atoms with E-state index in [0.717, 1.165) is 12.8 Å². The quantitative estimate of drug-likeness (QED) is 0.204. The van der Waals surface area contributed by atoms with Crippen LogP contribution in [0.25, 0.3) is 0 Å². The second-order valence-electron chi connectivity index (χ2n) is 24.2. The first-order valence-electron chi connectivity index (χ1n) is 22.2. The predicted molar refractivity (Wildman–Crippen MR) is 250 cm³/mol. The summed E-state index contributed by atoms with van der Waals surface area (Å²) >= 11 is 0. The van der Waals surface area contributed by atoms with Gasteiger partial charge in [0.2, 0.25) is 0 Å². The van der Waals surface area contributed by atoms with E-state index in [1.807, 2.05) is 0 Å². The molecule has 1 saturated carbocycles. The number of aliphatic hydroxyl groups is 2. The third-order valence-corrected chi connectivity index (χ3v) is 13.7. The molecule has 0 bridgehead atoms. The van der Waals surface area contributed by atoms with Crippen molar-refractivity contribution < 1.29 is 10.2 Å². The number of rotatable bonds is 6. The van der Waals surface area contributed by atoms with E-state index in [1.54, 1.807) is 0 Å². The first kappa shape index (κ1) is 45.9. The molecule has 1 aliphatic rings. The van der Waals surface area contributed by atoms with Gasteiger partial charge in [-0.1, -0.05) is 210 Å². The molecule has 4 unspecified atom stereocenters. The normalized spacial score (nSPS) is 22.6. The van der Waals surface area contributed by atoms with E-state index in [-0.39, 0.29) is 57.5 Å². The number of hydrogen-bond donors (Lipinski definition) is 2. The number of aliphatic hydroxyl groups excluding tert-OH is 2. The molecular formula is C56H80O2. The molecule has 316 valence electrons.